The van der Waals surface area contributed by atoms with Gasteiger partial charge in [-0.25, -0.2) is 9.97 Å². The lowest BCUT2D eigenvalue weighted by atomic mass is 9.99. The molecule has 0 saturated carbocycles. The number of hydrogen-bond donors (Lipinski definition) is 2. The largest absolute Gasteiger partial charge is 0.396 e. The molecule has 0 amide bonds. The van der Waals surface area contributed by atoms with Crippen LogP contribution in [0.1, 0.15) is 31.4 Å². The maximum absolute atomic E-state index is 9.41. The number of nitrogens with one attached hydrogen (secondary N) is 1. The lowest BCUT2D eigenvalue weighted by molar-refractivity contribution is 0.208. The maximum atomic E-state index is 9.41. The number of piperidine rings is 1. The van der Waals surface area contributed by atoms with Crippen LogP contribution in [0.15, 0.2) is 30.6 Å². The highest BCUT2D eigenvalue weighted by atomic mass is 35.5. The molecule has 1 saturated heterocycles. The molecule has 2 unspecified atom stereocenters. The average Bonchev–Trinajstić information content (AvgIpc) is 2.64. The van der Waals surface area contributed by atoms with Crippen molar-refractivity contribution in [1.29, 1.82) is 0 Å². The summed E-state index contributed by atoms with van der Waals surface area (Å²) in [6.07, 6.45) is 3.69. The molecule has 1 aromatic heterocycles. The van der Waals surface area contributed by atoms with Crippen LogP contribution < -0.4 is 10.2 Å². The molecule has 2 N–H and O–H groups in total. The fourth-order valence-electron chi connectivity index (χ4n) is 3.18. The van der Waals surface area contributed by atoms with Crippen molar-refractivity contribution in [2.45, 2.75) is 25.8 Å². The normalized spacial score (nSPS) is 18.9. The molecule has 2 atom stereocenters. The topological polar surface area (TPSA) is 61.3 Å². The number of benzene rings is 1. The number of halogens is 2. The van der Waals surface area contributed by atoms with Crippen molar-refractivity contribution in [3.05, 3.63) is 46.2 Å². The molecule has 1 fully saturated rings. The van der Waals surface area contributed by atoms with E-state index in [0.717, 1.165) is 43.1 Å². The predicted molar refractivity (Wildman–Crippen MR) is 103 cm³/mol. The summed E-state index contributed by atoms with van der Waals surface area (Å²) in [5.74, 6) is 1.92. The molecule has 1 aliphatic heterocycles. The molecule has 2 aromatic rings. The van der Waals surface area contributed by atoms with Crippen molar-refractivity contribution >= 4 is 34.8 Å². The maximum Gasteiger partial charge on any atom is 0.134 e. The molecule has 0 aliphatic carbocycles. The summed E-state index contributed by atoms with van der Waals surface area (Å²) in [4.78, 5) is 10.9. The zero-order valence-electron chi connectivity index (χ0n) is 14.1. The molecule has 134 valence electrons. The molecule has 0 spiro atoms. The summed E-state index contributed by atoms with van der Waals surface area (Å²) in [6, 6.07) is 7.51. The van der Waals surface area contributed by atoms with Crippen LogP contribution in [-0.4, -0.2) is 34.8 Å². The van der Waals surface area contributed by atoms with E-state index in [-0.39, 0.29) is 12.6 Å². The van der Waals surface area contributed by atoms with Gasteiger partial charge in [-0.1, -0.05) is 35.3 Å². The van der Waals surface area contributed by atoms with Crippen LogP contribution >= 0.6 is 23.2 Å². The Balaban J connectivity index is 1.74. The van der Waals surface area contributed by atoms with Gasteiger partial charge in [0.1, 0.15) is 18.0 Å². The van der Waals surface area contributed by atoms with Crippen molar-refractivity contribution in [2.75, 3.05) is 29.9 Å². The fraction of sp³-hybridized carbons (Fsp3) is 0.444. The molecular formula is C18H22Cl2N4O. The van der Waals surface area contributed by atoms with E-state index in [9.17, 15) is 5.11 Å². The highest BCUT2D eigenvalue weighted by Gasteiger charge is 2.21. The lowest BCUT2D eigenvalue weighted by Crippen LogP contribution is -2.37. The van der Waals surface area contributed by atoms with E-state index in [2.05, 4.69) is 20.2 Å². The summed E-state index contributed by atoms with van der Waals surface area (Å²) in [7, 11) is 0. The minimum atomic E-state index is -0.0412. The van der Waals surface area contributed by atoms with Gasteiger partial charge < -0.3 is 15.3 Å². The molecule has 0 radical (unpaired) electrons. The highest BCUT2D eigenvalue weighted by molar-refractivity contribution is 6.42. The average molecular weight is 381 g/mol. The standard InChI is InChI=1S/C18H22Cl2N4O/c1-12(14-5-2-6-15(19)18(14)20)23-16-8-17(22-11-21-16)24-7-3-4-13(9-24)10-25/h2,5-6,8,11-13,25H,3-4,7,9-10H2,1H3,(H,21,22,23). The van der Waals surface area contributed by atoms with Gasteiger partial charge in [0.05, 0.1) is 16.1 Å². The van der Waals surface area contributed by atoms with Crippen LogP contribution in [0, 0.1) is 5.92 Å². The van der Waals surface area contributed by atoms with E-state index < -0.39 is 0 Å². The van der Waals surface area contributed by atoms with Gasteiger partial charge in [-0.15, -0.1) is 0 Å². The quantitative estimate of drug-likeness (QED) is 0.814. The molecule has 0 bridgehead atoms. The van der Waals surface area contributed by atoms with Gasteiger partial charge in [0.25, 0.3) is 0 Å². The molecule has 2 heterocycles. The molecular weight excluding hydrogens is 359 g/mol. The third kappa shape index (κ3) is 4.35. The Kier molecular flexibility index (Phi) is 5.99. The monoisotopic (exact) mass is 380 g/mol. The van der Waals surface area contributed by atoms with E-state index in [0.29, 0.717) is 16.0 Å². The number of nitrogens with zero attached hydrogens (tertiary/aromatic N) is 3. The van der Waals surface area contributed by atoms with E-state index in [1.54, 1.807) is 12.4 Å². The van der Waals surface area contributed by atoms with Gasteiger partial charge in [-0.05, 0) is 37.3 Å². The summed E-state index contributed by atoms with van der Waals surface area (Å²) < 4.78 is 0. The summed E-state index contributed by atoms with van der Waals surface area (Å²) in [5.41, 5.74) is 0.924. The van der Waals surface area contributed by atoms with Gasteiger partial charge in [-0.2, -0.15) is 0 Å². The van der Waals surface area contributed by atoms with Gasteiger partial charge in [0, 0.05) is 25.8 Å². The van der Waals surface area contributed by atoms with Crippen molar-refractivity contribution in [1.82, 2.24) is 9.97 Å². The number of aromatic nitrogens is 2. The molecule has 7 heteroatoms. The van der Waals surface area contributed by atoms with Crippen molar-refractivity contribution < 1.29 is 5.11 Å². The Bertz CT molecular complexity index is 728. The highest BCUT2D eigenvalue weighted by Crippen LogP contribution is 2.31. The van der Waals surface area contributed by atoms with Crippen LogP contribution in [-0.2, 0) is 0 Å². The SMILES string of the molecule is CC(Nc1cc(N2CCCC(CO)C2)ncn1)c1cccc(Cl)c1Cl. The second-order valence-corrected chi connectivity index (χ2v) is 7.19. The van der Waals surface area contributed by atoms with E-state index in [4.69, 9.17) is 23.2 Å². The third-order valence-electron chi connectivity index (χ3n) is 4.57. The number of anilines is 2. The van der Waals surface area contributed by atoms with Crippen LogP contribution in [0.3, 0.4) is 0 Å². The Morgan fingerprint density at radius 2 is 2.20 bits per heavy atom. The fourth-order valence-corrected chi connectivity index (χ4v) is 3.65. The van der Waals surface area contributed by atoms with E-state index >= 15 is 0 Å². The zero-order chi connectivity index (χ0) is 17.8. The van der Waals surface area contributed by atoms with E-state index in [1.807, 2.05) is 25.1 Å². The van der Waals surface area contributed by atoms with Gasteiger partial charge in [-0.3, -0.25) is 0 Å². The van der Waals surface area contributed by atoms with Crippen molar-refractivity contribution in [2.24, 2.45) is 5.92 Å². The van der Waals surface area contributed by atoms with Crippen molar-refractivity contribution in [3.63, 3.8) is 0 Å². The van der Waals surface area contributed by atoms with Crippen LogP contribution in [0.2, 0.25) is 10.0 Å². The first-order valence-corrected chi connectivity index (χ1v) is 9.22. The molecule has 1 aromatic carbocycles. The Hall–Kier alpha value is -1.56. The van der Waals surface area contributed by atoms with E-state index in [1.165, 1.54) is 0 Å². The minimum Gasteiger partial charge on any atom is -0.396 e. The van der Waals surface area contributed by atoms with Crippen LogP contribution in [0.4, 0.5) is 11.6 Å². The Morgan fingerprint density at radius 1 is 1.36 bits per heavy atom. The van der Waals surface area contributed by atoms with Crippen molar-refractivity contribution in [3.8, 4) is 0 Å². The molecule has 25 heavy (non-hydrogen) atoms. The summed E-state index contributed by atoms with van der Waals surface area (Å²) in [5, 5.41) is 13.9. The first-order valence-electron chi connectivity index (χ1n) is 8.46. The minimum absolute atomic E-state index is 0.0412. The summed E-state index contributed by atoms with van der Waals surface area (Å²) >= 11 is 12.4. The smallest absolute Gasteiger partial charge is 0.134 e. The third-order valence-corrected chi connectivity index (χ3v) is 5.40. The number of aliphatic hydroxyl groups excluding tert-OH is 1. The molecule has 1 aliphatic rings. The summed E-state index contributed by atoms with van der Waals surface area (Å²) in [6.45, 7) is 4.00. The first-order chi connectivity index (χ1) is 12.1. The van der Waals surface area contributed by atoms with Crippen LogP contribution in [0.5, 0.6) is 0 Å². The van der Waals surface area contributed by atoms with Gasteiger partial charge in [0.15, 0.2) is 0 Å². The number of hydrogen-bond acceptors (Lipinski definition) is 5. The van der Waals surface area contributed by atoms with Gasteiger partial charge in [0.2, 0.25) is 0 Å². The first kappa shape index (κ1) is 18.2. The Morgan fingerprint density at radius 3 is 3.00 bits per heavy atom. The van der Waals surface area contributed by atoms with Gasteiger partial charge >= 0.3 is 0 Å². The second-order valence-electron chi connectivity index (χ2n) is 6.41. The second kappa shape index (κ2) is 8.21. The van der Waals surface area contributed by atoms with Crippen LogP contribution in [0.25, 0.3) is 0 Å². The lowest BCUT2D eigenvalue weighted by Gasteiger charge is -2.32. The molecule has 5 nitrogen and oxygen atoms in total. The predicted octanol–water partition coefficient (Wildman–Crippen LogP) is 4.17. The Labute approximate surface area is 158 Å². The number of rotatable bonds is 5. The molecule has 3 rings (SSSR count). The number of aliphatic hydroxyl groups is 1. The zero-order valence-corrected chi connectivity index (χ0v) is 15.6.